The van der Waals surface area contributed by atoms with Crippen molar-refractivity contribution in [3.05, 3.63) is 28.8 Å². The molecule has 2 N–H and O–H groups in total. The first-order valence-corrected chi connectivity index (χ1v) is 8.68. The van der Waals surface area contributed by atoms with Gasteiger partial charge < -0.3 is 10.4 Å². The standard InChI is InChI=1S/C17H22ClN3O3/c1-2-20(10-16(22)23)14-8-13(9-14)19-17(24)21-6-5-11-3-4-12(18)7-15(11)21/h3-4,7,13-14H,2,5-6,8-10H2,1H3,(H,19,24)(H,22,23). The third kappa shape index (κ3) is 3.49. The molecule has 0 atom stereocenters. The second-order valence-corrected chi connectivity index (χ2v) is 6.84. The van der Waals surface area contributed by atoms with Crippen LogP contribution in [0.4, 0.5) is 10.5 Å². The van der Waals surface area contributed by atoms with Gasteiger partial charge in [0.2, 0.25) is 0 Å². The molecule has 3 rings (SSSR count). The van der Waals surface area contributed by atoms with Crippen LogP contribution in [-0.4, -0.2) is 53.7 Å². The van der Waals surface area contributed by atoms with Crippen LogP contribution in [0.25, 0.3) is 0 Å². The Kier molecular flexibility index (Phi) is 4.96. The molecule has 0 radical (unpaired) electrons. The number of rotatable bonds is 5. The highest BCUT2D eigenvalue weighted by Crippen LogP contribution is 2.31. The summed E-state index contributed by atoms with van der Waals surface area (Å²) in [5, 5.41) is 12.6. The fourth-order valence-electron chi connectivity index (χ4n) is 3.49. The largest absolute Gasteiger partial charge is 0.480 e. The fourth-order valence-corrected chi connectivity index (χ4v) is 3.66. The van der Waals surface area contributed by atoms with Crippen LogP contribution in [0.1, 0.15) is 25.3 Å². The fraction of sp³-hybridized carbons (Fsp3) is 0.529. The van der Waals surface area contributed by atoms with Gasteiger partial charge in [0, 0.05) is 23.7 Å². The quantitative estimate of drug-likeness (QED) is 0.854. The van der Waals surface area contributed by atoms with Crippen LogP contribution in [-0.2, 0) is 11.2 Å². The molecule has 2 aliphatic rings. The first-order chi connectivity index (χ1) is 11.5. The van der Waals surface area contributed by atoms with Crippen molar-refractivity contribution in [2.24, 2.45) is 0 Å². The van der Waals surface area contributed by atoms with Crippen LogP contribution in [0.3, 0.4) is 0 Å². The summed E-state index contributed by atoms with van der Waals surface area (Å²) in [6, 6.07) is 5.89. The van der Waals surface area contributed by atoms with Gasteiger partial charge in [-0.1, -0.05) is 24.6 Å². The van der Waals surface area contributed by atoms with Gasteiger partial charge in [0.25, 0.3) is 0 Å². The maximum atomic E-state index is 12.5. The Morgan fingerprint density at radius 1 is 1.42 bits per heavy atom. The number of hydrogen-bond donors (Lipinski definition) is 2. The molecule has 0 spiro atoms. The van der Waals surface area contributed by atoms with E-state index in [9.17, 15) is 9.59 Å². The van der Waals surface area contributed by atoms with E-state index in [1.807, 2.05) is 30.0 Å². The van der Waals surface area contributed by atoms with E-state index < -0.39 is 5.97 Å². The minimum absolute atomic E-state index is 0.0554. The monoisotopic (exact) mass is 351 g/mol. The van der Waals surface area contributed by atoms with Crippen LogP contribution in [0.5, 0.6) is 0 Å². The molecular weight excluding hydrogens is 330 g/mol. The normalized spacial score (nSPS) is 22.2. The Hall–Kier alpha value is -1.79. The number of urea groups is 1. The molecule has 1 heterocycles. The van der Waals surface area contributed by atoms with E-state index in [1.165, 1.54) is 0 Å². The maximum Gasteiger partial charge on any atom is 0.322 e. The van der Waals surface area contributed by atoms with E-state index in [4.69, 9.17) is 16.7 Å². The molecular formula is C17H22ClN3O3. The number of carboxylic acids is 1. The number of aliphatic carboxylic acids is 1. The molecule has 1 fully saturated rings. The molecule has 6 nitrogen and oxygen atoms in total. The Bertz CT molecular complexity index is 646. The van der Waals surface area contributed by atoms with E-state index in [0.29, 0.717) is 18.1 Å². The second kappa shape index (κ2) is 6.99. The van der Waals surface area contributed by atoms with Crippen molar-refractivity contribution in [1.82, 2.24) is 10.2 Å². The Labute approximate surface area is 146 Å². The summed E-state index contributed by atoms with van der Waals surface area (Å²) in [4.78, 5) is 27.1. The van der Waals surface area contributed by atoms with Crippen LogP contribution in [0, 0.1) is 0 Å². The minimum atomic E-state index is -0.810. The van der Waals surface area contributed by atoms with Gasteiger partial charge >= 0.3 is 12.0 Å². The highest BCUT2D eigenvalue weighted by molar-refractivity contribution is 6.31. The zero-order valence-electron chi connectivity index (χ0n) is 13.7. The number of likely N-dealkylation sites (N-methyl/N-ethyl adjacent to an activating group) is 1. The number of nitrogens with zero attached hydrogens (tertiary/aromatic N) is 2. The number of amides is 2. The summed E-state index contributed by atoms with van der Waals surface area (Å²) >= 11 is 6.04. The summed E-state index contributed by atoms with van der Waals surface area (Å²) in [6.07, 6.45) is 2.43. The SMILES string of the molecule is CCN(CC(=O)O)C1CC(NC(=O)N2CCc3ccc(Cl)cc32)C1. The Morgan fingerprint density at radius 2 is 2.17 bits per heavy atom. The smallest absolute Gasteiger partial charge is 0.322 e. The maximum absolute atomic E-state index is 12.5. The van der Waals surface area contributed by atoms with Gasteiger partial charge in [-0.05, 0) is 43.5 Å². The van der Waals surface area contributed by atoms with E-state index in [-0.39, 0.29) is 24.7 Å². The predicted molar refractivity (Wildman–Crippen MR) is 92.7 cm³/mol. The van der Waals surface area contributed by atoms with Gasteiger partial charge in [-0.2, -0.15) is 0 Å². The third-order valence-electron chi connectivity index (χ3n) is 4.89. The molecule has 24 heavy (non-hydrogen) atoms. The topological polar surface area (TPSA) is 72.9 Å². The van der Waals surface area contributed by atoms with Crippen LogP contribution in [0.15, 0.2) is 18.2 Å². The minimum Gasteiger partial charge on any atom is -0.480 e. The second-order valence-electron chi connectivity index (χ2n) is 6.40. The summed E-state index contributed by atoms with van der Waals surface area (Å²) in [5.41, 5.74) is 2.02. The molecule has 1 saturated carbocycles. The number of fused-ring (bicyclic) bond motifs is 1. The predicted octanol–water partition coefficient (Wildman–Crippen LogP) is 2.35. The highest BCUT2D eigenvalue weighted by atomic mass is 35.5. The van der Waals surface area contributed by atoms with Crippen molar-refractivity contribution in [3.8, 4) is 0 Å². The lowest BCUT2D eigenvalue weighted by Crippen LogP contribution is -2.56. The van der Waals surface area contributed by atoms with Crippen molar-refractivity contribution in [1.29, 1.82) is 0 Å². The number of carbonyl (C=O) groups excluding carboxylic acids is 1. The average molecular weight is 352 g/mol. The van der Waals surface area contributed by atoms with E-state index in [2.05, 4.69) is 5.32 Å². The van der Waals surface area contributed by atoms with Crippen molar-refractivity contribution in [2.45, 2.75) is 38.3 Å². The van der Waals surface area contributed by atoms with E-state index >= 15 is 0 Å². The number of benzene rings is 1. The molecule has 0 aromatic heterocycles. The van der Waals surface area contributed by atoms with Crippen molar-refractivity contribution < 1.29 is 14.7 Å². The number of carbonyl (C=O) groups is 2. The first-order valence-electron chi connectivity index (χ1n) is 8.30. The van der Waals surface area contributed by atoms with Gasteiger partial charge in [-0.15, -0.1) is 0 Å². The lowest BCUT2D eigenvalue weighted by molar-refractivity contribution is -0.139. The molecule has 1 aliphatic carbocycles. The van der Waals surface area contributed by atoms with Crippen LogP contribution in [0.2, 0.25) is 5.02 Å². The van der Waals surface area contributed by atoms with Gasteiger partial charge in [0.05, 0.1) is 12.2 Å². The zero-order chi connectivity index (χ0) is 17.3. The molecule has 1 aromatic rings. The van der Waals surface area contributed by atoms with E-state index in [1.54, 1.807) is 4.90 Å². The van der Waals surface area contributed by atoms with Crippen molar-refractivity contribution in [2.75, 3.05) is 24.5 Å². The molecule has 1 aromatic carbocycles. The molecule has 0 saturated heterocycles. The van der Waals surface area contributed by atoms with Gasteiger partial charge in [0.15, 0.2) is 0 Å². The molecule has 2 amide bonds. The number of hydrogen-bond acceptors (Lipinski definition) is 3. The lowest BCUT2D eigenvalue weighted by atomic mass is 9.85. The molecule has 1 aliphatic heterocycles. The van der Waals surface area contributed by atoms with Crippen LogP contribution >= 0.6 is 11.6 Å². The number of halogens is 1. The number of carboxylic acid groups (broad SMARTS) is 1. The van der Waals surface area contributed by atoms with Crippen molar-refractivity contribution in [3.63, 3.8) is 0 Å². The third-order valence-corrected chi connectivity index (χ3v) is 5.12. The summed E-state index contributed by atoms with van der Waals surface area (Å²) < 4.78 is 0. The van der Waals surface area contributed by atoms with Gasteiger partial charge in [-0.25, -0.2) is 4.79 Å². The molecule has 130 valence electrons. The lowest BCUT2D eigenvalue weighted by Gasteiger charge is -2.42. The van der Waals surface area contributed by atoms with Crippen LogP contribution < -0.4 is 10.2 Å². The summed E-state index contributed by atoms with van der Waals surface area (Å²) in [7, 11) is 0. The summed E-state index contributed by atoms with van der Waals surface area (Å²) in [5.74, 6) is -0.810. The Balaban J connectivity index is 1.53. The van der Waals surface area contributed by atoms with E-state index in [0.717, 1.165) is 30.5 Å². The first kappa shape index (κ1) is 17.0. The zero-order valence-corrected chi connectivity index (χ0v) is 14.4. The van der Waals surface area contributed by atoms with Gasteiger partial charge in [-0.3, -0.25) is 14.6 Å². The van der Waals surface area contributed by atoms with Crippen molar-refractivity contribution >= 4 is 29.3 Å². The molecule has 0 unspecified atom stereocenters. The summed E-state index contributed by atoms with van der Waals surface area (Å²) in [6.45, 7) is 3.38. The highest BCUT2D eigenvalue weighted by Gasteiger charge is 2.36. The Morgan fingerprint density at radius 3 is 2.83 bits per heavy atom. The number of anilines is 1. The molecule has 0 bridgehead atoms. The number of nitrogens with one attached hydrogen (secondary N) is 1. The molecule has 7 heteroatoms. The van der Waals surface area contributed by atoms with Gasteiger partial charge in [0.1, 0.15) is 0 Å². The average Bonchev–Trinajstić information content (AvgIpc) is 2.91.